The molecule has 0 spiro atoms. The lowest BCUT2D eigenvalue weighted by Gasteiger charge is -2.15. The number of nitrogens with one attached hydrogen (secondary N) is 1. The lowest BCUT2D eigenvalue weighted by atomic mass is 10.1. The van der Waals surface area contributed by atoms with Gasteiger partial charge in [-0.2, -0.15) is 0 Å². The summed E-state index contributed by atoms with van der Waals surface area (Å²) in [5.41, 5.74) is 2.67. The molecule has 0 amide bonds. The summed E-state index contributed by atoms with van der Waals surface area (Å²) in [4.78, 5) is 0. The Balaban J connectivity index is 2.41. The van der Waals surface area contributed by atoms with E-state index in [2.05, 4.69) is 43.4 Å². The molecule has 2 heteroatoms. The van der Waals surface area contributed by atoms with E-state index in [1.54, 1.807) is 0 Å². The van der Waals surface area contributed by atoms with Crippen LogP contribution in [0.4, 0.5) is 0 Å². The van der Waals surface area contributed by atoms with Crippen LogP contribution < -0.4 is 5.32 Å². The molecule has 0 fully saturated rings. The Morgan fingerprint density at radius 2 is 2.20 bits per heavy atom. The van der Waals surface area contributed by atoms with E-state index in [4.69, 9.17) is 11.6 Å². The van der Waals surface area contributed by atoms with Gasteiger partial charge in [0.1, 0.15) is 0 Å². The fraction of sp³-hybridized carbons (Fsp3) is 0.538. The van der Waals surface area contributed by atoms with Crippen molar-refractivity contribution in [2.75, 3.05) is 5.88 Å². The molecule has 0 aliphatic rings. The maximum absolute atomic E-state index is 5.74. The third-order valence-corrected chi connectivity index (χ3v) is 2.85. The van der Waals surface area contributed by atoms with E-state index in [1.807, 2.05) is 0 Å². The van der Waals surface area contributed by atoms with E-state index in [1.165, 1.54) is 11.1 Å². The smallest absolute Gasteiger partial charge is 0.0238 e. The summed E-state index contributed by atoms with van der Waals surface area (Å²) in [6, 6.07) is 9.16. The number of alkyl halides is 1. The van der Waals surface area contributed by atoms with Crippen LogP contribution in [0.15, 0.2) is 24.3 Å². The second kappa shape index (κ2) is 6.86. The molecule has 0 aliphatic heterocycles. The maximum atomic E-state index is 5.74. The molecule has 0 aliphatic carbocycles. The predicted octanol–water partition coefficient (Wildman–Crippen LogP) is 3.49. The highest BCUT2D eigenvalue weighted by Gasteiger charge is 2.04. The lowest BCUT2D eigenvalue weighted by Crippen LogP contribution is -2.28. The molecule has 84 valence electrons. The van der Waals surface area contributed by atoms with Crippen molar-refractivity contribution in [3.63, 3.8) is 0 Å². The highest BCUT2D eigenvalue weighted by Crippen LogP contribution is 2.06. The third-order valence-electron chi connectivity index (χ3n) is 2.63. The van der Waals surface area contributed by atoms with E-state index in [9.17, 15) is 0 Å². The maximum Gasteiger partial charge on any atom is 0.0238 e. The minimum atomic E-state index is 0.544. The van der Waals surface area contributed by atoms with Crippen LogP contribution in [-0.4, -0.2) is 11.9 Å². The van der Waals surface area contributed by atoms with E-state index < -0.39 is 0 Å². The van der Waals surface area contributed by atoms with Crippen LogP contribution in [0.1, 0.15) is 30.9 Å². The van der Waals surface area contributed by atoms with Gasteiger partial charge >= 0.3 is 0 Å². The van der Waals surface area contributed by atoms with Crippen molar-refractivity contribution >= 4 is 11.6 Å². The zero-order valence-corrected chi connectivity index (χ0v) is 10.3. The number of hydrogen-bond acceptors (Lipinski definition) is 1. The molecule has 0 bridgehead atoms. The van der Waals surface area contributed by atoms with Gasteiger partial charge < -0.3 is 5.32 Å². The van der Waals surface area contributed by atoms with Crippen LogP contribution in [-0.2, 0) is 6.54 Å². The minimum absolute atomic E-state index is 0.544. The first kappa shape index (κ1) is 12.5. The molecular formula is C13H20ClN. The van der Waals surface area contributed by atoms with Gasteiger partial charge in [-0.05, 0) is 25.3 Å². The normalized spacial score (nSPS) is 12.7. The largest absolute Gasteiger partial charge is 0.310 e. The summed E-state index contributed by atoms with van der Waals surface area (Å²) in [5, 5.41) is 3.53. The first-order valence-electron chi connectivity index (χ1n) is 5.61. The summed E-state index contributed by atoms with van der Waals surface area (Å²) >= 11 is 5.74. The second-order valence-electron chi connectivity index (χ2n) is 3.95. The summed E-state index contributed by atoms with van der Waals surface area (Å²) in [7, 11) is 0. The summed E-state index contributed by atoms with van der Waals surface area (Å²) in [5.74, 6) is 0.735. The average molecular weight is 226 g/mol. The molecule has 15 heavy (non-hydrogen) atoms. The highest BCUT2D eigenvalue weighted by molar-refractivity contribution is 6.17. The van der Waals surface area contributed by atoms with Crippen molar-refractivity contribution < 1.29 is 0 Å². The molecule has 1 nitrogen and oxygen atoms in total. The fourth-order valence-corrected chi connectivity index (χ4v) is 1.93. The molecule has 0 saturated carbocycles. The van der Waals surface area contributed by atoms with E-state index >= 15 is 0 Å². The van der Waals surface area contributed by atoms with Crippen LogP contribution in [0.3, 0.4) is 0 Å². The molecule has 0 saturated heterocycles. The Kier molecular flexibility index (Phi) is 5.74. The fourth-order valence-electron chi connectivity index (χ4n) is 1.67. The molecule has 1 rings (SSSR count). The molecular weight excluding hydrogens is 206 g/mol. The Morgan fingerprint density at radius 1 is 1.40 bits per heavy atom. The van der Waals surface area contributed by atoms with E-state index in [0.29, 0.717) is 6.04 Å². The Morgan fingerprint density at radius 3 is 2.80 bits per heavy atom. The summed E-state index contributed by atoms with van der Waals surface area (Å²) in [6.07, 6.45) is 2.18. The molecule has 1 N–H and O–H groups in total. The topological polar surface area (TPSA) is 12.0 Å². The SMILES string of the molecule is CCC(CCCl)NCc1cccc(C)c1. The van der Waals surface area contributed by atoms with Gasteiger partial charge in [0, 0.05) is 18.5 Å². The quantitative estimate of drug-likeness (QED) is 0.731. The Bertz CT molecular complexity index is 286. The highest BCUT2D eigenvalue weighted by atomic mass is 35.5. The Labute approximate surface area is 97.8 Å². The Hall–Kier alpha value is -0.530. The lowest BCUT2D eigenvalue weighted by molar-refractivity contribution is 0.486. The van der Waals surface area contributed by atoms with E-state index in [0.717, 1.165) is 25.3 Å². The first-order chi connectivity index (χ1) is 7.26. The second-order valence-corrected chi connectivity index (χ2v) is 4.33. The van der Waals surface area contributed by atoms with Gasteiger partial charge in [0.05, 0.1) is 0 Å². The van der Waals surface area contributed by atoms with Crippen molar-refractivity contribution in [2.45, 2.75) is 39.3 Å². The van der Waals surface area contributed by atoms with Crippen molar-refractivity contribution in [3.05, 3.63) is 35.4 Å². The van der Waals surface area contributed by atoms with E-state index in [-0.39, 0.29) is 0 Å². The van der Waals surface area contributed by atoms with Crippen LogP contribution in [0.2, 0.25) is 0 Å². The minimum Gasteiger partial charge on any atom is -0.310 e. The number of aryl methyl sites for hydroxylation is 1. The van der Waals surface area contributed by atoms with Crippen LogP contribution in [0, 0.1) is 6.92 Å². The van der Waals surface area contributed by atoms with Crippen molar-refractivity contribution in [2.24, 2.45) is 0 Å². The van der Waals surface area contributed by atoms with Crippen LogP contribution in [0.25, 0.3) is 0 Å². The van der Waals surface area contributed by atoms with Crippen LogP contribution in [0.5, 0.6) is 0 Å². The average Bonchev–Trinajstić information content (AvgIpc) is 2.24. The van der Waals surface area contributed by atoms with Gasteiger partial charge in [-0.15, -0.1) is 11.6 Å². The standard InChI is InChI=1S/C13H20ClN/c1-3-13(7-8-14)15-10-12-6-4-5-11(2)9-12/h4-6,9,13,15H,3,7-8,10H2,1-2H3. The first-order valence-corrected chi connectivity index (χ1v) is 6.14. The zero-order valence-electron chi connectivity index (χ0n) is 9.59. The van der Waals surface area contributed by atoms with Gasteiger partial charge in [0.2, 0.25) is 0 Å². The summed E-state index contributed by atoms with van der Waals surface area (Å²) < 4.78 is 0. The third kappa shape index (κ3) is 4.67. The molecule has 1 aromatic rings. The van der Waals surface area contributed by atoms with Gasteiger partial charge in [-0.3, -0.25) is 0 Å². The van der Waals surface area contributed by atoms with Gasteiger partial charge in [0.25, 0.3) is 0 Å². The zero-order chi connectivity index (χ0) is 11.1. The van der Waals surface area contributed by atoms with Crippen LogP contribution >= 0.6 is 11.6 Å². The number of halogens is 1. The molecule has 1 unspecified atom stereocenters. The van der Waals surface area contributed by atoms with Crippen molar-refractivity contribution in [1.82, 2.24) is 5.32 Å². The van der Waals surface area contributed by atoms with Gasteiger partial charge in [-0.25, -0.2) is 0 Å². The number of hydrogen-bond donors (Lipinski definition) is 1. The van der Waals surface area contributed by atoms with Gasteiger partial charge in [-0.1, -0.05) is 36.8 Å². The molecule has 0 heterocycles. The predicted molar refractivity (Wildman–Crippen MR) is 67.4 cm³/mol. The monoisotopic (exact) mass is 225 g/mol. The number of rotatable bonds is 6. The van der Waals surface area contributed by atoms with Crippen molar-refractivity contribution in [3.8, 4) is 0 Å². The van der Waals surface area contributed by atoms with Gasteiger partial charge in [0.15, 0.2) is 0 Å². The molecule has 1 aromatic carbocycles. The molecule has 1 atom stereocenters. The van der Waals surface area contributed by atoms with Crippen molar-refractivity contribution in [1.29, 1.82) is 0 Å². The summed E-state index contributed by atoms with van der Waals surface area (Å²) in [6.45, 7) is 5.26. The molecule has 0 radical (unpaired) electrons. The number of benzene rings is 1. The molecule has 0 aromatic heterocycles.